The third-order valence-electron chi connectivity index (χ3n) is 2.59. The number of aromatic nitrogens is 1. The molecule has 0 atom stereocenters. The average molecular weight is 293 g/mol. The monoisotopic (exact) mass is 292 g/mol. The van der Waals surface area contributed by atoms with Gasteiger partial charge in [-0.3, -0.25) is 0 Å². The molecule has 0 aliphatic carbocycles. The van der Waals surface area contributed by atoms with Crippen LogP contribution < -0.4 is 4.74 Å². The molecule has 1 aromatic carbocycles. The van der Waals surface area contributed by atoms with E-state index in [-0.39, 0.29) is 12.5 Å². The minimum atomic E-state index is 0.251. The van der Waals surface area contributed by atoms with Crippen LogP contribution in [0.2, 0.25) is 5.02 Å². The fraction of sp³-hybridized carbons (Fsp3) is 0.143. The second-order valence-corrected chi connectivity index (χ2v) is 4.44. The molecule has 1 heterocycles. The van der Waals surface area contributed by atoms with Crippen LogP contribution in [0.4, 0.5) is 0 Å². The molecule has 0 N–H and O–H groups in total. The van der Waals surface area contributed by atoms with Gasteiger partial charge in [-0.05, 0) is 18.2 Å². The van der Waals surface area contributed by atoms with Gasteiger partial charge in [0, 0.05) is 22.3 Å². The van der Waals surface area contributed by atoms with Crippen molar-refractivity contribution in [3.05, 3.63) is 58.4 Å². The molecule has 96 valence electrons. The van der Waals surface area contributed by atoms with Crippen LogP contribution in [-0.2, 0) is 12.5 Å². The molecule has 19 heavy (non-hydrogen) atoms. The molecule has 0 fully saturated rings. The second kappa shape index (κ2) is 6.42. The van der Waals surface area contributed by atoms with E-state index < -0.39 is 0 Å². The Bertz CT molecular complexity index is 623. The van der Waals surface area contributed by atoms with Crippen molar-refractivity contribution in [1.29, 1.82) is 5.26 Å². The Hall–Kier alpha value is -1.76. The first-order valence-corrected chi connectivity index (χ1v) is 6.47. The van der Waals surface area contributed by atoms with Crippen LogP contribution in [0.1, 0.15) is 16.8 Å². The highest BCUT2D eigenvalue weighted by molar-refractivity contribution is 6.32. The van der Waals surface area contributed by atoms with Crippen LogP contribution in [0.5, 0.6) is 5.75 Å². The van der Waals surface area contributed by atoms with Crippen LogP contribution in [0, 0.1) is 11.3 Å². The molecule has 3 nitrogen and oxygen atoms in total. The van der Waals surface area contributed by atoms with Crippen LogP contribution in [0.15, 0.2) is 36.5 Å². The molecule has 5 heteroatoms. The molecular formula is C14H10Cl2N2O. The topological polar surface area (TPSA) is 45.9 Å². The highest BCUT2D eigenvalue weighted by Gasteiger charge is 2.09. The number of nitriles is 1. The summed E-state index contributed by atoms with van der Waals surface area (Å²) in [5, 5.41) is 9.52. The molecule has 1 aromatic heterocycles. The van der Waals surface area contributed by atoms with Gasteiger partial charge in [-0.25, -0.2) is 4.98 Å². The minimum Gasteiger partial charge on any atom is -0.488 e. The molecule has 2 aromatic rings. The quantitative estimate of drug-likeness (QED) is 0.802. The SMILES string of the molecule is N#Cc1ncccc1COc1cccc(Cl)c1CCl. The number of pyridine rings is 1. The predicted octanol–water partition coefficient (Wildman–Crippen LogP) is 3.92. The van der Waals surface area contributed by atoms with E-state index in [1.807, 2.05) is 6.07 Å². The van der Waals surface area contributed by atoms with Gasteiger partial charge in [0.1, 0.15) is 24.1 Å². The number of rotatable bonds is 4. The predicted molar refractivity (Wildman–Crippen MR) is 74.3 cm³/mol. The van der Waals surface area contributed by atoms with Crippen LogP contribution in [-0.4, -0.2) is 4.98 Å². The molecule has 2 rings (SSSR count). The Morgan fingerprint density at radius 1 is 1.26 bits per heavy atom. The lowest BCUT2D eigenvalue weighted by Gasteiger charge is -2.11. The van der Waals surface area contributed by atoms with Gasteiger partial charge in [-0.1, -0.05) is 23.7 Å². The van der Waals surface area contributed by atoms with E-state index in [9.17, 15) is 0 Å². The molecule has 0 radical (unpaired) electrons. The maximum absolute atomic E-state index is 8.95. The van der Waals surface area contributed by atoms with Crippen LogP contribution >= 0.6 is 23.2 Å². The van der Waals surface area contributed by atoms with Gasteiger partial charge in [0.05, 0.1) is 5.88 Å². The summed E-state index contributed by atoms with van der Waals surface area (Å²) in [6.07, 6.45) is 1.58. The maximum atomic E-state index is 8.95. The zero-order valence-electron chi connectivity index (χ0n) is 9.94. The third-order valence-corrected chi connectivity index (χ3v) is 3.21. The van der Waals surface area contributed by atoms with Crippen LogP contribution in [0.3, 0.4) is 0 Å². The number of ether oxygens (including phenoxy) is 1. The van der Waals surface area contributed by atoms with Gasteiger partial charge >= 0.3 is 0 Å². The Kier molecular flexibility index (Phi) is 4.62. The highest BCUT2D eigenvalue weighted by atomic mass is 35.5. The molecule has 0 saturated carbocycles. The van der Waals surface area contributed by atoms with Crippen molar-refractivity contribution in [3.8, 4) is 11.8 Å². The van der Waals surface area contributed by atoms with Crippen molar-refractivity contribution in [2.75, 3.05) is 0 Å². The first kappa shape index (κ1) is 13.7. The Morgan fingerprint density at radius 3 is 2.84 bits per heavy atom. The third kappa shape index (κ3) is 3.17. The zero-order valence-corrected chi connectivity index (χ0v) is 11.4. The summed E-state index contributed by atoms with van der Waals surface area (Å²) in [4.78, 5) is 3.98. The van der Waals surface area contributed by atoms with Gasteiger partial charge in [0.15, 0.2) is 0 Å². The molecular weight excluding hydrogens is 283 g/mol. The van der Waals surface area contributed by atoms with Gasteiger partial charge in [0.2, 0.25) is 0 Å². The van der Waals surface area contributed by atoms with E-state index in [1.54, 1.807) is 36.5 Å². The van der Waals surface area contributed by atoms with E-state index in [2.05, 4.69) is 4.98 Å². The molecule has 0 aliphatic heterocycles. The zero-order chi connectivity index (χ0) is 13.7. The Balaban J connectivity index is 2.20. The fourth-order valence-electron chi connectivity index (χ4n) is 1.62. The van der Waals surface area contributed by atoms with Gasteiger partial charge in [0.25, 0.3) is 0 Å². The summed E-state index contributed by atoms with van der Waals surface area (Å²) in [5.41, 5.74) is 1.83. The van der Waals surface area contributed by atoms with E-state index in [0.717, 1.165) is 11.1 Å². The number of hydrogen-bond acceptors (Lipinski definition) is 3. The standard InChI is InChI=1S/C14H10Cl2N2O/c15-7-11-12(16)4-1-5-14(11)19-9-10-3-2-6-18-13(10)8-17/h1-6H,7,9H2. The summed E-state index contributed by atoms with van der Waals surface area (Å²) in [5.74, 6) is 0.892. The Morgan fingerprint density at radius 2 is 2.11 bits per heavy atom. The lowest BCUT2D eigenvalue weighted by Crippen LogP contribution is -2.01. The van der Waals surface area contributed by atoms with Crippen molar-refractivity contribution in [3.63, 3.8) is 0 Å². The van der Waals surface area contributed by atoms with Gasteiger partial charge < -0.3 is 4.74 Å². The number of benzene rings is 1. The number of hydrogen-bond donors (Lipinski definition) is 0. The van der Waals surface area contributed by atoms with Crippen LogP contribution in [0.25, 0.3) is 0 Å². The lowest BCUT2D eigenvalue weighted by atomic mass is 10.2. The van der Waals surface area contributed by atoms with E-state index >= 15 is 0 Å². The molecule has 0 unspecified atom stereocenters. The highest BCUT2D eigenvalue weighted by Crippen LogP contribution is 2.28. The number of halogens is 2. The molecule has 0 saturated heterocycles. The Labute approximate surface area is 121 Å². The largest absolute Gasteiger partial charge is 0.488 e. The summed E-state index contributed by atoms with van der Waals surface area (Å²) >= 11 is 11.9. The van der Waals surface area contributed by atoms with Crippen molar-refractivity contribution < 1.29 is 4.74 Å². The summed E-state index contributed by atoms with van der Waals surface area (Å²) in [7, 11) is 0. The van der Waals surface area contributed by atoms with Crippen molar-refractivity contribution >= 4 is 23.2 Å². The number of alkyl halides is 1. The van der Waals surface area contributed by atoms with Crippen molar-refractivity contribution in [2.45, 2.75) is 12.5 Å². The van der Waals surface area contributed by atoms with E-state index in [1.165, 1.54) is 0 Å². The minimum absolute atomic E-state index is 0.251. The van der Waals surface area contributed by atoms with Crippen molar-refractivity contribution in [2.24, 2.45) is 0 Å². The molecule has 0 amide bonds. The fourth-order valence-corrected chi connectivity index (χ4v) is 2.19. The number of nitrogens with zero attached hydrogens (tertiary/aromatic N) is 2. The first-order valence-electron chi connectivity index (χ1n) is 5.56. The molecule has 0 spiro atoms. The lowest BCUT2D eigenvalue weighted by molar-refractivity contribution is 0.303. The van der Waals surface area contributed by atoms with Gasteiger partial charge in [-0.15, -0.1) is 11.6 Å². The summed E-state index contributed by atoms with van der Waals surface area (Å²) in [6.45, 7) is 0.251. The smallest absolute Gasteiger partial charge is 0.147 e. The average Bonchev–Trinajstić information content (AvgIpc) is 2.45. The van der Waals surface area contributed by atoms with E-state index in [4.69, 9.17) is 33.2 Å². The van der Waals surface area contributed by atoms with E-state index in [0.29, 0.717) is 16.5 Å². The van der Waals surface area contributed by atoms with Gasteiger partial charge in [-0.2, -0.15) is 5.26 Å². The summed E-state index contributed by atoms with van der Waals surface area (Å²) < 4.78 is 5.68. The normalized spacial score (nSPS) is 9.95. The first-order chi connectivity index (χ1) is 9.26. The van der Waals surface area contributed by atoms with Crippen molar-refractivity contribution in [1.82, 2.24) is 4.98 Å². The maximum Gasteiger partial charge on any atom is 0.147 e. The summed E-state index contributed by atoms with van der Waals surface area (Å²) in [6, 6.07) is 10.9. The second-order valence-electron chi connectivity index (χ2n) is 3.76. The molecule has 0 aliphatic rings. The molecule has 0 bridgehead atoms.